The van der Waals surface area contributed by atoms with Crippen LogP contribution in [0.2, 0.25) is 0 Å². The highest BCUT2D eigenvalue weighted by Gasteiger charge is 2.26. The topological polar surface area (TPSA) is 75.7 Å². The standard InChI is InChI=1S/C17H26N2O4S.ClH/c1-4-9-19-10-7-15(8-11-19)18-24(21,22)16-12-14(17(20)23-3)6-5-13(16)2;/h5-6,12,15,18H,4,7-11H2,1-3H3;1H. The molecule has 8 heteroatoms. The van der Waals surface area contributed by atoms with Crippen LogP contribution in [0.25, 0.3) is 0 Å². The number of aryl methyl sites for hydroxylation is 1. The van der Waals surface area contributed by atoms with Crippen molar-refractivity contribution in [1.82, 2.24) is 9.62 Å². The monoisotopic (exact) mass is 390 g/mol. The zero-order valence-corrected chi connectivity index (χ0v) is 16.6. The summed E-state index contributed by atoms with van der Waals surface area (Å²) >= 11 is 0. The number of sulfonamides is 1. The maximum absolute atomic E-state index is 12.7. The van der Waals surface area contributed by atoms with Gasteiger partial charge in [-0.25, -0.2) is 17.9 Å². The smallest absolute Gasteiger partial charge is 0.337 e. The number of likely N-dealkylation sites (tertiary alicyclic amines) is 1. The molecule has 0 unspecified atom stereocenters. The molecule has 1 aliphatic heterocycles. The number of carbonyl (C=O) groups is 1. The predicted molar refractivity (Wildman–Crippen MR) is 99.8 cm³/mol. The molecule has 0 saturated carbocycles. The van der Waals surface area contributed by atoms with Crippen LogP contribution in [0.4, 0.5) is 0 Å². The highest BCUT2D eigenvalue weighted by molar-refractivity contribution is 7.89. The van der Waals surface area contributed by atoms with E-state index in [-0.39, 0.29) is 28.9 Å². The second kappa shape index (κ2) is 9.52. The number of ether oxygens (including phenoxy) is 1. The Balaban J connectivity index is 0.00000312. The van der Waals surface area contributed by atoms with Gasteiger partial charge >= 0.3 is 5.97 Å². The van der Waals surface area contributed by atoms with Gasteiger partial charge in [-0.1, -0.05) is 13.0 Å². The molecule has 0 radical (unpaired) electrons. The van der Waals surface area contributed by atoms with Gasteiger partial charge in [0.1, 0.15) is 0 Å². The first-order valence-corrected chi connectivity index (χ1v) is 9.79. The van der Waals surface area contributed by atoms with Crippen LogP contribution in [0.3, 0.4) is 0 Å². The van der Waals surface area contributed by atoms with Crippen LogP contribution in [0.15, 0.2) is 23.1 Å². The summed E-state index contributed by atoms with van der Waals surface area (Å²) < 4.78 is 32.9. The van der Waals surface area contributed by atoms with E-state index in [9.17, 15) is 13.2 Å². The lowest BCUT2D eigenvalue weighted by molar-refractivity contribution is 0.0600. The fourth-order valence-electron chi connectivity index (χ4n) is 3.01. The van der Waals surface area contributed by atoms with Crippen molar-refractivity contribution >= 4 is 28.4 Å². The molecule has 0 aliphatic carbocycles. The molecule has 0 spiro atoms. The van der Waals surface area contributed by atoms with Gasteiger partial charge in [0.05, 0.1) is 17.6 Å². The Bertz CT molecular complexity index is 686. The maximum atomic E-state index is 12.7. The molecule has 1 N–H and O–H groups in total. The normalized spacial score (nSPS) is 16.3. The summed E-state index contributed by atoms with van der Waals surface area (Å²) in [4.78, 5) is 14.1. The lowest BCUT2D eigenvalue weighted by Gasteiger charge is -2.32. The van der Waals surface area contributed by atoms with Crippen LogP contribution in [0.5, 0.6) is 0 Å². The molecule has 2 rings (SSSR count). The van der Waals surface area contributed by atoms with Gasteiger partial charge in [-0.15, -0.1) is 12.4 Å². The summed E-state index contributed by atoms with van der Waals surface area (Å²) in [6.07, 6.45) is 2.71. The third kappa shape index (κ3) is 5.67. The minimum atomic E-state index is -3.66. The molecule has 1 heterocycles. The van der Waals surface area contributed by atoms with E-state index in [1.807, 2.05) is 0 Å². The second-order valence-electron chi connectivity index (χ2n) is 6.21. The van der Waals surface area contributed by atoms with E-state index in [0.29, 0.717) is 5.56 Å². The summed E-state index contributed by atoms with van der Waals surface area (Å²) in [5.74, 6) is -0.542. The van der Waals surface area contributed by atoms with Crippen molar-refractivity contribution in [2.24, 2.45) is 0 Å². The SMILES string of the molecule is CCCN1CCC(NS(=O)(=O)c2cc(C(=O)OC)ccc2C)CC1.Cl. The average molecular weight is 391 g/mol. The number of carbonyl (C=O) groups excluding carboxylic acids is 1. The van der Waals surface area contributed by atoms with Crippen molar-refractivity contribution in [3.8, 4) is 0 Å². The average Bonchev–Trinajstić information content (AvgIpc) is 2.56. The van der Waals surface area contributed by atoms with Crippen molar-refractivity contribution in [2.75, 3.05) is 26.7 Å². The van der Waals surface area contributed by atoms with E-state index >= 15 is 0 Å². The summed E-state index contributed by atoms with van der Waals surface area (Å²) in [6.45, 7) is 6.73. The number of esters is 1. The number of halogens is 1. The van der Waals surface area contributed by atoms with Crippen molar-refractivity contribution in [3.63, 3.8) is 0 Å². The van der Waals surface area contributed by atoms with Crippen LogP contribution in [0, 0.1) is 6.92 Å². The number of nitrogens with zero attached hydrogens (tertiary/aromatic N) is 1. The Morgan fingerprint density at radius 2 is 1.96 bits per heavy atom. The van der Waals surface area contributed by atoms with E-state index in [2.05, 4.69) is 21.3 Å². The number of benzene rings is 1. The molecule has 6 nitrogen and oxygen atoms in total. The zero-order chi connectivity index (χ0) is 17.7. The Labute approximate surface area is 156 Å². The molecular weight excluding hydrogens is 364 g/mol. The Morgan fingerprint density at radius 1 is 1.32 bits per heavy atom. The van der Waals surface area contributed by atoms with Gasteiger partial charge < -0.3 is 9.64 Å². The molecule has 0 atom stereocenters. The second-order valence-corrected chi connectivity index (χ2v) is 7.89. The number of piperidine rings is 1. The molecule has 0 bridgehead atoms. The molecule has 142 valence electrons. The Kier molecular flexibility index (Phi) is 8.34. The molecule has 0 amide bonds. The van der Waals surface area contributed by atoms with Crippen molar-refractivity contribution in [3.05, 3.63) is 29.3 Å². The van der Waals surface area contributed by atoms with Gasteiger partial charge in [-0.3, -0.25) is 0 Å². The van der Waals surface area contributed by atoms with Crippen LogP contribution in [-0.2, 0) is 14.8 Å². The highest BCUT2D eigenvalue weighted by atomic mass is 35.5. The van der Waals surface area contributed by atoms with Crippen molar-refractivity contribution in [2.45, 2.75) is 44.0 Å². The minimum Gasteiger partial charge on any atom is -0.465 e. The van der Waals surface area contributed by atoms with Crippen molar-refractivity contribution in [1.29, 1.82) is 0 Å². The van der Waals surface area contributed by atoms with E-state index in [4.69, 9.17) is 0 Å². The lowest BCUT2D eigenvalue weighted by atomic mass is 10.1. The number of methoxy groups -OCH3 is 1. The number of hydrogen-bond donors (Lipinski definition) is 1. The van der Waals surface area contributed by atoms with Gasteiger partial charge in [0.2, 0.25) is 10.0 Å². The number of rotatable bonds is 6. The fourth-order valence-corrected chi connectivity index (χ4v) is 4.58. The van der Waals surface area contributed by atoms with Crippen LogP contribution < -0.4 is 4.72 Å². The maximum Gasteiger partial charge on any atom is 0.337 e. The third-order valence-electron chi connectivity index (χ3n) is 4.35. The number of hydrogen-bond acceptors (Lipinski definition) is 5. The van der Waals surface area contributed by atoms with E-state index in [1.165, 1.54) is 13.2 Å². The van der Waals surface area contributed by atoms with Gasteiger partial charge in [-0.05, 0) is 63.5 Å². The predicted octanol–water partition coefficient (Wildman–Crippen LogP) is 2.36. The first kappa shape index (κ1) is 21.9. The van der Waals surface area contributed by atoms with Gasteiger partial charge in [-0.2, -0.15) is 0 Å². The lowest BCUT2D eigenvalue weighted by Crippen LogP contribution is -2.44. The van der Waals surface area contributed by atoms with Gasteiger partial charge in [0, 0.05) is 6.04 Å². The summed E-state index contributed by atoms with van der Waals surface area (Å²) in [6, 6.07) is 4.52. The summed E-state index contributed by atoms with van der Waals surface area (Å²) in [5.41, 5.74) is 0.847. The molecule has 1 fully saturated rings. The molecule has 1 saturated heterocycles. The van der Waals surface area contributed by atoms with Crippen LogP contribution in [0.1, 0.15) is 42.1 Å². The first-order chi connectivity index (χ1) is 11.4. The zero-order valence-electron chi connectivity index (χ0n) is 14.9. The minimum absolute atomic E-state index is 0. The molecule has 1 aliphatic rings. The fraction of sp³-hybridized carbons (Fsp3) is 0.588. The van der Waals surface area contributed by atoms with E-state index < -0.39 is 16.0 Å². The van der Waals surface area contributed by atoms with Crippen LogP contribution in [-0.4, -0.2) is 52.1 Å². The van der Waals surface area contributed by atoms with Gasteiger partial charge in [0.15, 0.2) is 0 Å². The Morgan fingerprint density at radius 3 is 2.52 bits per heavy atom. The van der Waals surface area contributed by atoms with Crippen LogP contribution >= 0.6 is 12.4 Å². The highest BCUT2D eigenvalue weighted by Crippen LogP contribution is 2.20. The molecule has 1 aromatic carbocycles. The van der Waals surface area contributed by atoms with E-state index in [1.54, 1.807) is 19.1 Å². The molecule has 25 heavy (non-hydrogen) atoms. The number of nitrogens with one attached hydrogen (secondary N) is 1. The largest absolute Gasteiger partial charge is 0.465 e. The van der Waals surface area contributed by atoms with Crippen molar-refractivity contribution < 1.29 is 17.9 Å². The first-order valence-electron chi connectivity index (χ1n) is 8.31. The summed E-state index contributed by atoms with van der Waals surface area (Å²) in [7, 11) is -2.38. The Hall–Kier alpha value is -1.15. The van der Waals surface area contributed by atoms with Gasteiger partial charge in [0.25, 0.3) is 0 Å². The third-order valence-corrected chi connectivity index (χ3v) is 6.01. The molecule has 1 aromatic rings. The quantitative estimate of drug-likeness (QED) is 0.754. The van der Waals surface area contributed by atoms with E-state index in [0.717, 1.165) is 38.9 Å². The summed E-state index contributed by atoms with van der Waals surface area (Å²) in [5, 5.41) is 0. The molecular formula is C17H27ClN2O4S. The molecule has 0 aromatic heterocycles.